The van der Waals surface area contributed by atoms with Gasteiger partial charge in [-0.25, -0.2) is 0 Å². The molecule has 20 heavy (non-hydrogen) atoms. The number of aryl methyl sites for hydroxylation is 1. The standard InChI is InChI=1S/C15H11NO4/c1-9-7-11-13(8-12(9)16(18)19)20-15(17)14(11)10-5-3-2-4-6-10/h2-8,14H,1H3/t14-/m0/s1. The van der Waals surface area contributed by atoms with Crippen LogP contribution in [0.4, 0.5) is 5.69 Å². The van der Waals surface area contributed by atoms with Crippen LogP contribution in [0.15, 0.2) is 42.5 Å². The Morgan fingerprint density at radius 2 is 1.90 bits per heavy atom. The lowest BCUT2D eigenvalue weighted by Gasteiger charge is -2.07. The van der Waals surface area contributed by atoms with Gasteiger partial charge in [-0.3, -0.25) is 14.9 Å². The van der Waals surface area contributed by atoms with E-state index < -0.39 is 16.8 Å². The second-order valence-corrected chi connectivity index (χ2v) is 4.70. The Hall–Kier alpha value is -2.69. The van der Waals surface area contributed by atoms with E-state index in [4.69, 9.17) is 4.74 Å². The molecule has 1 atom stereocenters. The van der Waals surface area contributed by atoms with Crippen molar-refractivity contribution in [1.82, 2.24) is 0 Å². The van der Waals surface area contributed by atoms with Crippen molar-refractivity contribution >= 4 is 11.7 Å². The average Bonchev–Trinajstić information content (AvgIpc) is 2.73. The molecule has 1 heterocycles. The third kappa shape index (κ3) is 1.84. The van der Waals surface area contributed by atoms with Gasteiger partial charge in [0.15, 0.2) is 0 Å². The third-order valence-electron chi connectivity index (χ3n) is 3.42. The molecule has 0 amide bonds. The second-order valence-electron chi connectivity index (χ2n) is 4.70. The van der Waals surface area contributed by atoms with Crippen LogP contribution in [0, 0.1) is 17.0 Å². The minimum absolute atomic E-state index is 0.0368. The van der Waals surface area contributed by atoms with Gasteiger partial charge in [-0.05, 0) is 18.6 Å². The Labute approximate surface area is 115 Å². The summed E-state index contributed by atoms with van der Waals surface area (Å²) in [6.45, 7) is 1.66. The van der Waals surface area contributed by atoms with Crippen LogP contribution in [0.3, 0.4) is 0 Å². The molecule has 0 saturated heterocycles. The molecule has 0 saturated carbocycles. The first-order valence-electron chi connectivity index (χ1n) is 6.13. The van der Waals surface area contributed by atoms with Crippen LogP contribution in [0.1, 0.15) is 22.6 Å². The summed E-state index contributed by atoms with van der Waals surface area (Å²) in [5.41, 5.74) is 1.99. The molecule has 0 spiro atoms. The number of fused-ring (bicyclic) bond motifs is 1. The van der Waals surface area contributed by atoms with Crippen molar-refractivity contribution in [2.45, 2.75) is 12.8 Å². The van der Waals surface area contributed by atoms with E-state index in [-0.39, 0.29) is 11.4 Å². The van der Waals surface area contributed by atoms with Crippen molar-refractivity contribution in [2.75, 3.05) is 0 Å². The number of ether oxygens (including phenoxy) is 1. The van der Waals surface area contributed by atoms with Crippen molar-refractivity contribution in [3.63, 3.8) is 0 Å². The van der Waals surface area contributed by atoms with Crippen LogP contribution in [0.5, 0.6) is 5.75 Å². The van der Waals surface area contributed by atoms with Crippen LogP contribution in [-0.4, -0.2) is 10.9 Å². The van der Waals surface area contributed by atoms with Crippen LogP contribution in [-0.2, 0) is 4.79 Å². The molecule has 5 nitrogen and oxygen atoms in total. The van der Waals surface area contributed by atoms with Crippen molar-refractivity contribution in [1.29, 1.82) is 0 Å². The summed E-state index contributed by atoms with van der Waals surface area (Å²) < 4.78 is 5.18. The fourth-order valence-corrected chi connectivity index (χ4v) is 2.47. The van der Waals surface area contributed by atoms with Gasteiger partial charge in [-0.15, -0.1) is 0 Å². The summed E-state index contributed by atoms with van der Waals surface area (Å²) in [5, 5.41) is 10.9. The zero-order chi connectivity index (χ0) is 14.3. The van der Waals surface area contributed by atoms with E-state index in [1.54, 1.807) is 13.0 Å². The van der Waals surface area contributed by atoms with Gasteiger partial charge in [0.1, 0.15) is 11.7 Å². The lowest BCUT2D eigenvalue weighted by Crippen LogP contribution is -2.11. The van der Waals surface area contributed by atoms with E-state index in [0.29, 0.717) is 11.1 Å². The van der Waals surface area contributed by atoms with Gasteiger partial charge in [-0.2, -0.15) is 0 Å². The normalized spacial score (nSPS) is 16.6. The van der Waals surface area contributed by atoms with Crippen molar-refractivity contribution in [3.8, 4) is 5.75 Å². The highest BCUT2D eigenvalue weighted by atomic mass is 16.6. The maximum Gasteiger partial charge on any atom is 0.323 e. The number of carbonyl (C=O) groups is 1. The predicted molar refractivity (Wildman–Crippen MR) is 71.8 cm³/mol. The molecule has 0 bridgehead atoms. The van der Waals surface area contributed by atoms with Crippen LogP contribution < -0.4 is 4.74 Å². The van der Waals surface area contributed by atoms with Crippen LogP contribution >= 0.6 is 0 Å². The summed E-state index contributed by atoms with van der Waals surface area (Å²) in [4.78, 5) is 22.5. The van der Waals surface area contributed by atoms with E-state index >= 15 is 0 Å². The zero-order valence-electron chi connectivity index (χ0n) is 10.7. The van der Waals surface area contributed by atoms with Gasteiger partial charge >= 0.3 is 5.97 Å². The molecule has 0 aromatic heterocycles. The number of benzene rings is 2. The maximum atomic E-state index is 12.0. The lowest BCUT2D eigenvalue weighted by atomic mass is 9.91. The molecular formula is C15H11NO4. The molecular weight excluding hydrogens is 258 g/mol. The molecule has 1 aliphatic heterocycles. The van der Waals surface area contributed by atoms with Gasteiger partial charge in [0.05, 0.1) is 11.0 Å². The van der Waals surface area contributed by atoms with Gasteiger partial charge in [0.2, 0.25) is 0 Å². The second kappa shape index (κ2) is 4.45. The topological polar surface area (TPSA) is 69.4 Å². The fraction of sp³-hybridized carbons (Fsp3) is 0.133. The molecule has 0 unspecified atom stereocenters. The molecule has 5 heteroatoms. The molecule has 0 aliphatic carbocycles. The first kappa shape index (κ1) is 12.3. The minimum atomic E-state index is -0.509. The average molecular weight is 269 g/mol. The summed E-state index contributed by atoms with van der Waals surface area (Å²) in [6, 6.07) is 12.2. The highest BCUT2D eigenvalue weighted by Gasteiger charge is 2.36. The third-order valence-corrected chi connectivity index (χ3v) is 3.42. The Bertz CT molecular complexity index is 709. The Balaban J connectivity index is 2.14. The lowest BCUT2D eigenvalue weighted by molar-refractivity contribution is -0.385. The smallest absolute Gasteiger partial charge is 0.323 e. The molecule has 100 valence electrons. The van der Waals surface area contributed by atoms with Crippen molar-refractivity contribution in [2.24, 2.45) is 0 Å². The number of rotatable bonds is 2. The number of nitro groups is 1. The van der Waals surface area contributed by atoms with E-state index in [9.17, 15) is 14.9 Å². The van der Waals surface area contributed by atoms with Crippen molar-refractivity contribution < 1.29 is 14.5 Å². The first-order valence-corrected chi connectivity index (χ1v) is 6.13. The molecule has 0 radical (unpaired) electrons. The van der Waals surface area contributed by atoms with E-state index in [1.165, 1.54) is 6.07 Å². The molecule has 1 aliphatic rings. The monoisotopic (exact) mass is 269 g/mol. The van der Waals surface area contributed by atoms with Gasteiger partial charge < -0.3 is 4.74 Å². The van der Waals surface area contributed by atoms with Gasteiger partial charge in [0, 0.05) is 11.1 Å². The first-order chi connectivity index (χ1) is 9.58. The maximum absolute atomic E-state index is 12.0. The minimum Gasteiger partial charge on any atom is -0.425 e. The number of hydrogen-bond acceptors (Lipinski definition) is 4. The van der Waals surface area contributed by atoms with Crippen LogP contribution in [0.2, 0.25) is 0 Å². The highest BCUT2D eigenvalue weighted by Crippen LogP contribution is 2.42. The summed E-state index contributed by atoms with van der Waals surface area (Å²) in [7, 11) is 0. The number of esters is 1. The largest absolute Gasteiger partial charge is 0.425 e. The highest BCUT2D eigenvalue weighted by molar-refractivity contribution is 5.90. The SMILES string of the molecule is Cc1cc2c(cc1[N+](=O)[O-])OC(=O)[C@H]2c1ccccc1. The zero-order valence-corrected chi connectivity index (χ0v) is 10.7. The molecule has 2 aromatic rings. The Kier molecular flexibility index (Phi) is 2.75. The van der Waals surface area contributed by atoms with Gasteiger partial charge in [0.25, 0.3) is 5.69 Å². The Morgan fingerprint density at radius 1 is 1.20 bits per heavy atom. The molecule has 3 rings (SSSR count). The summed E-state index contributed by atoms with van der Waals surface area (Å²) in [5.74, 6) is -0.627. The number of nitrogens with zero attached hydrogens (tertiary/aromatic N) is 1. The fourth-order valence-electron chi connectivity index (χ4n) is 2.47. The molecule has 0 fully saturated rings. The summed E-state index contributed by atoms with van der Waals surface area (Å²) in [6.07, 6.45) is 0. The number of carbonyl (C=O) groups excluding carboxylic acids is 1. The predicted octanol–water partition coefficient (Wildman–Crippen LogP) is 2.95. The summed E-state index contributed by atoms with van der Waals surface area (Å²) >= 11 is 0. The number of hydrogen-bond donors (Lipinski definition) is 0. The molecule has 2 aromatic carbocycles. The number of nitro benzene ring substituents is 1. The molecule has 0 N–H and O–H groups in total. The van der Waals surface area contributed by atoms with Crippen molar-refractivity contribution in [3.05, 3.63) is 69.3 Å². The van der Waals surface area contributed by atoms with Crippen LogP contribution in [0.25, 0.3) is 0 Å². The Morgan fingerprint density at radius 3 is 2.55 bits per heavy atom. The quantitative estimate of drug-likeness (QED) is 0.364. The van der Waals surface area contributed by atoms with Gasteiger partial charge in [-0.1, -0.05) is 30.3 Å². The van der Waals surface area contributed by atoms with E-state index in [0.717, 1.165) is 5.56 Å². The van der Waals surface area contributed by atoms with E-state index in [2.05, 4.69) is 0 Å². The van der Waals surface area contributed by atoms with E-state index in [1.807, 2.05) is 30.3 Å².